The highest BCUT2D eigenvalue weighted by Crippen LogP contribution is 2.25. The number of aryl methyl sites for hydroxylation is 1. The molecular weight excluding hydrogens is 300 g/mol. The first-order chi connectivity index (χ1) is 11.7. The Labute approximate surface area is 145 Å². The van der Waals surface area contributed by atoms with Crippen LogP contribution in [0.5, 0.6) is 5.75 Å². The van der Waals surface area contributed by atoms with Gasteiger partial charge in [0.05, 0.1) is 6.54 Å². The largest absolute Gasteiger partial charge is 0.491 e. The van der Waals surface area contributed by atoms with Crippen LogP contribution in [0.15, 0.2) is 18.2 Å². The number of benzene rings is 1. The molecule has 1 amide bonds. The molecule has 0 radical (unpaired) electrons. The molecule has 1 aromatic carbocycles. The zero-order valence-corrected chi connectivity index (χ0v) is 15.1. The van der Waals surface area contributed by atoms with Crippen LogP contribution in [0.4, 0.5) is 0 Å². The maximum absolute atomic E-state index is 12.7. The van der Waals surface area contributed by atoms with Gasteiger partial charge in [0.1, 0.15) is 12.4 Å². The van der Waals surface area contributed by atoms with E-state index < -0.39 is 0 Å². The second kappa shape index (κ2) is 8.02. The minimum atomic E-state index is 0.255. The molecule has 0 spiro atoms. The van der Waals surface area contributed by atoms with Crippen molar-refractivity contribution in [2.45, 2.75) is 46.1 Å². The van der Waals surface area contributed by atoms with Gasteiger partial charge >= 0.3 is 0 Å². The van der Waals surface area contributed by atoms with Gasteiger partial charge in [-0.3, -0.25) is 4.79 Å². The first-order valence-electron chi connectivity index (χ1n) is 9.38. The summed E-state index contributed by atoms with van der Waals surface area (Å²) in [6.45, 7) is 9.51. The molecule has 4 nitrogen and oxygen atoms in total. The topological polar surface area (TPSA) is 32.8 Å². The molecule has 0 aliphatic carbocycles. The van der Waals surface area contributed by atoms with E-state index in [9.17, 15) is 4.79 Å². The Bertz CT molecular complexity index is 565. The molecule has 2 aliphatic heterocycles. The van der Waals surface area contributed by atoms with Crippen LogP contribution in [-0.4, -0.2) is 48.5 Å². The fourth-order valence-electron chi connectivity index (χ4n) is 3.77. The van der Waals surface area contributed by atoms with E-state index in [0.717, 1.165) is 36.9 Å². The third kappa shape index (κ3) is 4.29. The summed E-state index contributed by atoms with van der Waals surface area (Å²) in [7, 11) is 0. The summed E-state index contributed by atoms with van der Waals surface area (Å²) in [5.74, 6) is 2.07. The lowest BCUT2D eigenvalue weighted by Crippen LogP contribution is -2.38. The number of amides is 1. The van der Waals surface area contributed by atoms with Gasteiger partial charge in [-0.15, -0.1) is 0 Å². The first kappa shape index (κ1) is 17.3. The van der Waals surface area contributed by atoms with E-state index in [4.69, 9.17) is 4.74 Å². The molecule has 0 N–H and O–H groups in total. The highest BCUT2D eigenvalue weighted by Gasteiger charge is 2.22. The van der Waals surface area contributed by atoms with Crippen molar-refractivity contribution >= 4 is 5.91 Å². The number of carbonyl (C=O) groups excluding carboxylic acids is 1. The Balaban J connectivity index is 1.52. The molecule has 0 bridgehead atoms. The summed E-state index contributed by atoms with van der Waals surface area (Å²) in [5, 5.41) is 0. The highest BCUT2D eigenvalue weighted by molar-refractivity contribution is 5.76. The zero-order valence-electron chi connectivity index (χ0n) is 15.1. The third-order valence-electron chi connectivity index (χ3n) is 5.48. The van der Waals surface area contributed by atoms with E-state index in [1.165, 1.54) is 24.8 Å². The van der Waals surface area contributed by atoms with Crippen LogP contribution < -0.4 is 4.74 Å². The lowest BCUT2D eigenvalue weighted by Gasteiger charge is -2.31. The van der Waals surface area contributed by atoms with Gasteiger partial charge in [-0.25, -0.2) is 0 Å². The molecule has 0 aromatic heterocycles. The number of carbonyl (C=O) groups is 1. The van der Waals surface area contributed by atoms with Crippen LogP contribution in [0, 0.1) is 12.8 Å². The minimum absolute atomic E-state index is 0.255. The van der Waals surface area contributed by atoms with Gasteiger partial charge in [-0.1, -0.05) is 31.0 Å². The SMILES string of the molecule is CCC1CCN(CCC(=O)N2CCOc3ccc(C)cc3C2)CC1. The number of ether oxygens (including phenoxy) is 1. The summed E-state index contributed by atoms with van der Waals surface area (Å²) >= 11 is 0. The molecule has 2 aliphatic rings. The molecule has 0 atom stereocenters. The van der Waals surface area contributed by atoms with Crippen molar-refractivity contribution in [1.82, 2.24) is 9.80 Å². The molecule has 0 saturated carbocycles. The maximum atomic E-state index is 12.7. The number of hydrogen-bond donors (Lipinski definition) is 0. The average molecular weight is 330 g/mol. The number of hydrogen-bond acceptors (Lipinski definition) is 3. The summed E-state index contributed by atoms with van der Waals surface area (Å²) < 4.78 is 5.80. The van der Waals surface area contributed by atoms with E-state index in [1.807, 2.05) is 11.0 Å². The van der Waals surface area contributed by atoms with Crippen LogP contribution in [0.3, 0.4) is 0 Å². The summed E-state index contributed by atoms with van der Waals surface area (Å²) in [5.41, 5.74) is 2.34. The summed E-state index contributed by atoms with van der Waals surface area (Å²) in [4.78, 5) is 17.1. The number of nitrogens with zero attached hydrogens (tertiary/aromatic N) is 2. The molecular formula is C20H30N2O2. The van der Waals surface area contributed by atoms with Crippen LogP contribution in [0.25, 0.3) is 0 Å². The Morgan fingerprint density at radius 1 is 1.25 bits per heavy atom. The van der Waals surface area contributed by atoms with Crippen molar-refractivity contribution in [1.29, 1.82) is 0 Å². The lowest BCUT2D eigenvalue weighted by molar-refractivity contribution is -0.132. The van der Waals surface area contributed by atoms with E-state index in [1.54, 1.807) is 0 Å². The van der Waals surface area contributed by atoms with Gasteiger partial charge in [-0.05, 0) is 44.8 Å². The number of rotatable bonds is 4. The van der Waals surface area contributed by atoms with Crippen molar-refractivity contribution in [2.24, 2.45) is 5.92 Å². The molecule has 24 heavy (non-hydrogen) atoms. The Morgan fingerprint density at radius 3 is 2.79 bits per heavy atom. The molecule has 1 saturated heterocycles. The molecule has 1 aromatic rings. The highest BCUT2D eigenvalue weighted by atomic mass is 16.5. The smallest absolute Gasteiger partial charge is 0.224 e. The Kier molecular flexibility index (Phi) is 5.77. The molecule has 4 heteroatoms. The van der Waals surface area contributed by atoms with Crippen molar-refractivity contribution < 1.29 is 9.53 Å². The standard InChI is InChI=1S/C20H30N2O2/c1-3-17-6-9-21(10-7-17)11-8-20(23)22-12-13-24-19-5-4-16(2)14-18(19)15-22/h4-5,14,17H,3,6-13,15H2,1-2H3. The van der Waals surface area contributed by atoms with Gasteiger partial charge < -0.3 is 14.5 Å². The monoisotopic (exact) mass is 330 g/mol. The first-order valence-corrected chi connectivity index (χ1v) is 9.38. The predicted octanol–water partition coefficient (Wildman–Crippen LogP) is 3.23. The van der Waals surface area contributed by atoms with Gasteiger partial charge in [0.15, 0.2) is 0 Å². The fraction of sp³-hybridized carbons (Fsp3) is 0.650. The maximum Gasteiger partial charge on any atom is 0.224 e. The van der Waals surface area contributed by atoms with Gasteiger partial charge in [-0.2, -0.15) is 0 Å². The molecule has 132 valence electrons. The fourth-order valence-corrected chi connectivity index (χ4v) is 3.77. The Morgan fingerprint density at radius 2 is 2.04 bits per heavy atom. The quantitative estimate of drug-likeness (QED) is 0.850. The summed E-state index contributed by atoms with van der Waals surface area (Å²) in [6, 6.07) is 6.23. The Hall–Kier alpha value is -1.55. The van der Waals surface area contributed by atoms with Gasteiger partial charge in [0.2, 0.25) is 5.91 Å². The van der Waals surface area contributed by atoms with Crippen LogP contribution >= 0.6 is 0 Å². The van der Waals surface area contributed by atoms with E-state index in [2.05, 4.69) is 30.9 Å². The van der Waals surface area contributed by atoms with Crippen molar-refractivity contribution in [3.8, 4) is 5.75 Å². The van der Waals surface area contributed by atoms with Gasteiger partial charge in [0, 0.05) is 25.1 Å². The molecule has 1 fully saturated rings. The van der Waals surface area contributed by atoms with Crippen LogP contribution in [0.1, 0.15) is 43.7 Å². The van der Waals surface area contributed by atoms with Crippen LogP contribution in [0.2, 0.25) is 0 Å². The number of piperidine rings is 1. The van der Waals surface area contributed by atoms with Gasteiger partial charge in [0.25, 0.3) is 0 Å². The van der Waals surface area contributed by atoms with Crippen molar-refractivity contribution in [2.75, 3.05) is 32.8 Å². The normalized spacial score (nSPS) is 19.5. The second-order valence-corrected chi connectivity index (χ2v) is 7.22. The van der Waals surface area contributed by atoms with E-state index in [-0.39, 0.29) is 5.91 Å². The number of likely N-dealkylation sites (tertiary alicyclic amines) is 1. The molecule has 2 heterocycles. The van der Waals surface area contributed by atoms with E-state index >= 15 is 0 Å². The third-order valence-corrected chi connectivity index (χ3v) is 5.48. The number of fused-ring (bicyclic) bond motifs is 1. The molecule has 3 rings (SSSR count). The average Bonchev–Trinajstić information content (AvgIpc) is 2.82. The summed E-state index contributed by atoms with van der Waals surface area (Å²) in [6.07, 6.45) is 4.49. The molecule has 0 unspecified atom stereocenters. The minimum Gasteiger partial charge on any atom is -0.491 e. The predicted molar refractivity (Wildman–Crippen MR) is 96.2 cm³/mol. The van der Waals surface area contributed by atoms with Crippen LogP contribution in [-0.2, 0) is 11.3 Å². The van der Waals surface area contributed by atoms with Crippen molar-refractivity contribution in [3.05, 3.63) is 29.3 Å². The lowest BCUT2D eigenvalue weighted by atomic mass is 9.94. The van der Waals surface area contributed by atoms with Crippen molar-refractivity contribution in [3.63, 3.8) is 0 Å². The zero-order chi connectivity index (χ0) is 16.9. The van der Waals surface area contributed by atoms with E-state index in [0.29, 0.717) is 26.1 Å². The second-order valence-electron chi connectivity index (χ2n) is 7.22.